The zero-order valence-corrected chi connectivity index (χ0v) is 9.76. The molecule has 0 aliphatic carbocycles. The Bertz CT molecular complexity index is 577. The van der Waals surface area contributed by atoms with E-state index in [1.165, 1.54) is 11.3 Å². The van der Waals surface area contributed by atoms with E-state index in [1.807, 2.05) is 13.8 Å². The molecule has 0 spiro atoms. The number of aryl methyl sites for hydroxylation is 2. The summed E-state index contributed by atoms with van der Waals surface area (Å²) in [6.07, 6.45) is -0.198. The highest BCUT2D eigenvalue weighted by atomic mass is 32.1. The molecule has 0 saturated carbocycles. The number of rotatable bonds is 2. The fraction of sp³-hybridized carbons (Fsp3) is 0.300. The van der Waals surface area contributed by atoms with E-state index in [0.717, 1.165) is 20.7 Å². The van der Waals surface area contributed by atoms with Crippen molar-refractivity contribution in [2.75, 3.05) is 5.73 Å². The Hall–Kier alpha value is -1.69. The van der Waals surface area contributed by atoms with E-state index in [2.05, 4.69) is 9.97 Å². The maximum absolute atomic E-state index is 10.6. The van der Waals surface area contributed by atoms with Crippen LogP contribution in [0.4, 0.5) is 5.82 Å². The average Bonchev–Trinajstić information content (AvgIpc) is 2.41. The zero-order chi connectivity index (χ0) is 11.9. The number of aliphatic carboxylic acids is 1. The van der Waals surface area contributed by atoms with Gasteiger partial charge in [0.15, 0.2) is 0 Å². The SMILES string of the molecule is Cc1sc2nc(CC(=O)O)nc(N)c2c1C. The quantitative estimate of drug-likeness (QED) is 0.826. The molecule has 2 heterocycles. The monoisotopic (exact) mass is 237 g/mol. The molecule has 0 aromatic carbocycles. The molecule has 0 atom stereocenters. The maximum Gasteiger partial charge on any atom is 0.311 e. The van der Waals surface area contributed by atoms with Crippen molar-refractivity contribution in [3.8, 4) is 0 Å². The zero-order valence-electron chi connectivity index (χ0n) is 8.94. The van der Waals surface area contributed by atoms with Gasteiger partial charge in [-0.3, -0.25) is 4.79 Å². The minimum absolute atomic E-state index is 0.198. The number of hydrogen-bond donors (Lipinski definition) is 2. The van der Waals surface area contributed by atoms with E-state index in [0.29, 0.717) is 5.82 Å². The highest BCUT2D eigenvalue weighted by Gasteiger charge is 2.13. The van der Waals surface area contributed by atoms with Gasteiger partial charge in [0.1, 0.15) is 22.9 Å². The van der Waals surface area contributed by atoms with Crippen LogP contribution in [0.15, 0.2) is 0 Å². The first-order valence-electron chi connectivity index (χ1n) is 4.73. The van der Waals surface area contributed by atoms with Gasteiger partial charge < -0.3 is 10.8 Å². The molecule has 0 unspecified atom stereocenters. The Morgan fingerprint density at radius 3 is 2.75 bits per heavy atom. The lowest BCUT2D eigenvalue weighted by Crippen LogP contribution is -2.06. The molecule has 3 N–H and O–H groups in total. The minimum atomic E-state index is -0.955. The van der Waals surface area contributed by atoms with Gasteiger partial charge in [0.2, 0.25) is 0 Å². The van der Waals surface area contributed by atoms with E-state index in [4.69, 9.17) is 10.8 Å². The van der Waals surface area contributed by atoms with Crippen molar-refractivity contribution in [2.24, 2.45) is 0 Å². The van der Waals surface area contributed by atoms with Crippen molar-refractivity contribution in [1.82, 2.24) is 9.97 Å². The largest absolute Gasteiger partial charge is 0.481 e. The first kappa shape index (κ1) is 10.8. The van der Waals surface area contributed by atoms with E-state index in [9.17, 15) is 4.79 Å². The van der Waals surface area contributed by atoms with Crippen molar-refractivity contribution in [2.45, 2.75) is 20.3 Å². The van der Waals surface area contributed by atoms with Gasteiger partial charge in [-0.1, -0.05) is 0 Å². The molecule has 0 amide bonds. The summed E-state index contributed by atoms with van der Waals surface area (Å²) >= 11 is 1.51. The maximum atomic E-state index is 10.6. The van der Waals surface area contributed by atoms with Gasteiger partial charge in [-0.2, -0.15) is 0 Å². The van der Waals surface area contributed by atoms with Crippen LogP contribution in [-0.4, -0.2) is 21.0 Å². The number of nitrogen functional groups attached to an aromatic ring is 1. The number of carbonyl (C=O) groups is 1. The average molecular weight is 237 g/mol. The van der Waals surface area contributed by atoms with Gasteiger partial charge in [0, 0.05) is 4.88 Å². The summed E-state index contributed by atoms with van der Waals surface area (Å²) in [5.41, 5.74) is 6.88. The second kappa shape index (κ2) is 3.71. The molecule has 16 heavy (non-hydrogen) atoms. The van der Waals surface area contributed by atoms with Crippen LogP contribution in [0.25, 0.3) is 10.2 Å². The fourth-order valence-electron chi connectivity index (χ4n) is 1.54. The fourth-order valence-corrected chi connectivity index (χ4v) is 2.60. The van der Waals surface area contributed by atoms with Crippen LogP contribution in [0.3, 0.4) is 0 Å². The lowest BCUT2D eigenvalue weighted by Gasteiger charge is -2.00. The Labute approximate surface area is 95.9 Å². The molecule has 0 fully saturated rings. The number of nitrogens with two attached hydrogens (primary N) is 1. The number of aromatic nitrogens is 2. The summed E-state index contributed by atoms with van der Waals surface area (Å²) in [7, 11) is 0. The van der Waals surface area contributed by atoms with Crippen LogP contribution in [0, 0.1) is 13.8 Å². The van der Waals surface area contributed by atoms with Crippen molar-refractivity contribution in [1.29, 1.82) is 0 Å². The summed E-state index contributed by atoms with van der Waals surface area (Å²) < 4.78 is 0. The molecular weight excluding hydrogens is 226 g/mol. The van der Waals surface area contributed by atoms with E-state index in [1.54, 1.807) is 0 Å². The summed E-state index contributed by atoms with van der Waals surface area (Å²) in [5.74, 6) is -0.328. The molecule has 5 nitrogen and oxygen atoms in total. The number of fused-ring (bicyclic) bond motifs is 1. The number of hydrogen-bond acceptors (Lipinski definition) is 5. The number of thiophene rings is 1. The molecule has 0 aliphatic heterocycles. The predicted molar refractivity (Wildman–Crippen MR) is 62.6 cm³/mol. The molecule has 2 aromatic rings. The number of nitrogens with zero attached hydrogens (tertiary/aromatic N) is 2. The lowest BCUT2D eigenvalue weighted by atomic mass is 10.2. The summed E-state index contributed by atoms with van der Waals surface area (Å²) in [6.45, 7) is 3.95. The molecule has 6 heteroatoms. The van der Waals surface area contributed by atoms with Crippen LogP contribution in [-0.2, 0) is 11.2 Å². The Morgan fingerprint density at radius 1 is 1.44 bits per heavy atom. The molecule has 2 aromatic heterocycles. The van der Waals surface area contributed by atoms with E-state index >= 15 is 0 Å². The highest BCUT2D eigenvalue weighted by Crippen LogP contribution is 2.31. The van der Waals surface area contributed by atoms with Gasteiger partial charge >= 0.3 is 5.97 Å². The van der Waals surface area contributed by atoms with Crippen molar-refractivity contribution in [3.63, 3.8) is 0 Å². The van der Waals surface area contributed by atoms with Gasteiger partial charge in [0.25, 0.3) is 0 Å². The van der Waals surface area contributed by atoms with Gasteiger partial charge in [-0.25, -0.2) is 9.97 Å². The normalized spacial score (nSPS) is 10.9. The Morgan fingerprint density at radius 2 is 2.12 bits per heavy atom. The van der Waals surface area contributed by atoms with Gasteiger partial charge in [-0.15, -0.1) is 11.3 Å². The molecule has 0 saturated heterocycles. The van der Waals surface area contributed by atoms with Crippen LogP contribution in [0.2, 0.25) is 0 Å². The summed E-state index contributed by atoms with van der Waals surface area (Å²) in [5, 5.41) is 9.52. The highest BCUT2D eigenvalue weighted by molar-refractivity contribution is 7.18. The van der Waals surface area contributed by atoms with Crippen LogP contribution < -0.4 is 5.73 Å². The van der Waals surface area contributed by atoms with Crippen molar-refractivity contribution in [3.05, 3.63) is 16.3 Å². The molecule has 0 bridgehead atoms. The molecule has 2 rings (SSSR count). The van der Waals surface area contributed by atoms with Crippen LogP contribution in [0.5, 0.6) is 0 Å². The second-order valence-corrected chi connectivity index (χ2v) is 4.76. The van der Waals surface area contributed by atoms with Crippen molar-refractivity contribution < 1.29 is 9.90 Å². The van der Waals surface area contributed by atoms with E-state index in [-0.39, 0.29) is 12.2 Å². The molecule has 84 valence electrons. The van der Waals surface area contributed by atoms with Gasteiger partial charge in [-0.05, 0) is 19.4 Å². The summed E-state index contributed by atoms with van der Waals surface area (Å²) in [6, 6.07) is 0. The van der Waals surface area contributed by atoms with Gasteiger partial charge in [0.05, 0.1) is 5.39 Å². The first-order chi connectivity index (χ1) is 7.49. The molecular formula is C10H11N3O2S. The van der Waals surface area contributed by atoms with Crippen LogP contribution >= 0.6 is 11.3 Å². The first-order valence-corrected chi connectivity index (χ1v) is 5.54. The summed E-state index contributed by atoms with van der Waals surface area (Å²) in [4.78, 5) is 20.7. The second-order valence-electron chi connectivity index (χ2n) is 3.56. The smallest absolute Gasteiger partial charge is 0.311 e. The molecule has 0 aliphatic rings. The van der Waals surface area contributed by atoms with Crippen molar-refractivity contribution >= 4 is 33.3 Å². The third kappa shape index (κ3) is 1.71. The number of anilines is 1. The van der Waals surface area contributed by atoms with Crippen LogP contribution in [0.1, 0.15) is 16.3 Å². The Balaban J connectivity index is 2.63. The lowest BCUT2D eigenvalue weighted by molar-refractivity contribution is -0.136. The topological polar surface area (TPSA) is 89.1 Å². The third-order valence-corrected chi connectivity index (χ3v) is 3.51. The minimum Gasteiger partial charge on any atom is -0.481 e. The number of carboxylic acids is 1. The Kier molecular flexibility index (Phi) is 2.51. The third-order valence-electron chi connectivity index (χ3n) is 2.41. The number of carboxylic acid groups (broad SMARTS) is 1. The standard InChI is InChI=1S/C10H11N3O2S/c1-4-5(2)16-10-8(4)9(11)12-6(13-10)3-7(14)15/h3H2,1-2H3,(H,14,15)(H2,11,12,13). The van der Waals surface area contributed by atoms with E-state index < -0.39 is 5.97 Å². The molecule has 0 radical (unpaired) electrons. The predicted octanol–water partition coefficient (Wildman–Crippen LogP) is 1.52.